The van der Waals surface area contributed by atoms with Gasteiger partial charge < -0.3 is 5.73 Å². The average molecular weight is 275 g/mol. The maximum absolute atomic E-state index is 10.8. The number of primary amides is 1. The van der Waals surface area contributed by atoms with Crippen LogP contribution in [0.15, 0.2) is 22.1 Å². The lowest BCUT2D eigenvalue weighted by Gasteiger charge is -2.25. The van der Waals surface area contributed by atoms with E-state index in [0.29, 0.717) is 0 Å². The van der Waals surface area contributed by atoms with Crippen LogP contribution in [0.5, 0.6) is 0 Å². The quantitative estimate of drug-likeness (QED) is 0.773. The van der Waals surface area contributed by atoms with Crippen LogP contribution in [0.1, 0.15) is 36.0 Å². The van der Waals surface area contributed by atoms with Crippen LogP contribution in [0, 0.1) is 0 Å². The first kappa shape index (κ1) is 12.5. The average Bonchev–Trinajstić information content (AvgIpc) is 2.44. The summed E-state index contributed by atoms with van der Waals surface area (Å²) in [5.41, 5.74) is 12.6. The highest BCUT2D eigenvalue weighted by atomic mass is 32.2. The summed E-state index contributed by atoms with van der Waals surface area (Å²) < 4.78 is 0. The maximum atomic E-state index is 10.8. The number of hydrogen-bond donors (Lipinski definition) is 2. The third-order valence-electron chi connectivity index (χ3n) is 3.68. The number of hydrazone groups is 1. The van der Waals surface area contributed by atoms with Crippen molar-refractivity contribution < 1.29 is 4.79 Å². The van der Waals surface area contributed by atoms with E-state index in [1.807, 2.05) is 11.8 Å². The minimum absolute atomic E-state index is 0.600. The molecule has 1 aromatic rings. The third kappa shape index (κ3) is 2.47. The van der Waals surface area contributed by atoms with E-state index in [2.05, 4.69) is 22.7 Å². The molecule has 4 nitrogen and oxygen atoms in total. The molecule has 0 unspecified atom stereocenters. The van der Waals surface area contributed by atoms with Crippen molar-refractivity contribution >= 4 is 23.5 Å². The van der Waals surface area contributed by atoms with Gasteiger partial charge in [-0.05, 0) is 42.9 Å². The fourth-order valence-electron chi connectivity index (χ4n) is 2.86. The summed E-state index contributed by atoms with van der Waals surface area (Å²) in [4.78, 5) is 12.1. The Morgan fingerprint density at radius 3 is 2.95 bits per heavy atom. The molecule has 3 N–H and O–H groups in total. The van der Waals surface area contributed by atoms with Crippen LogP contribution in [-0.4, -0.2) is 17.5 Å². The van der Waals surface area contributed by atoms with Gasteiger partial charge in [-0.1, -0.05) is 6.07 Å². The molecule has 0 aromatic heterocycles. The molecule has 2 amide bonds. The van der Waals surface area contributed by atoms with Crippen LogP contribution >= 0.6 is 11.8 Å². The van der Waals surface area contributed by atoms with E-state index in [1.165, 1.54) is 34.4 Å². The number of aryl methyl sites for hydroxylation is 1. The van der Waals surface area contributed by atoms with Crippen molar-refractivity contribution in [3.05, 3.63) is 28.8 Å². The first-order chi connectivity index (χ1) is 9.25. The topological polar surface area (TPSA) is 67.5 Å². The van der Waals surface area contributed by atoms with E-state index >= 15 is 0 Å². The second kappa shape index (κ2) is 5.25. The normalized spacial score (nSPS) is 19.7. The number of hydrogen-bond acceptors (Lipinski definition) is 3. The Morgan fingerprint density at radius 1 is 1.26 bits per heavy atom. The summed E-state index contributed by atoms with van der Waals surface area (Å²) in [5, 5.41) is 4.21. The number of nitrogens with two attached hydrogens (primary N) is 1. The van der Waals surface area contributed by atoms with E-state index in [-0.39, 0.29) is 0 Å². The molecule has 2 aliphatic rings. The minimum Gasteiger partial charge on any atom is -0.350 e. The molecule has 100 valence electrons. The molecule has 1 aromatic carbocycles. The van der Waals surface area contributed by atoms with Crippen molar-refractivity contribution in [2.45, 2.75) is 37.0 Å². The SMILES string of the molecule is NC(=O)N/N=C1/CCSc2ccc3c(c21)CCCC3. The monoisotopic (exact) mass is 275 g/mol. The van der Waals surface area contributed by atoms with Gasteiger partial charge in [0.2, 0.25) is 0 Å². The van der Waals surface area contributed by atoms with Gasteiger partial charge in [-0.2, -0.15) is 5.10 Å². The van der Waals surface area contributed by atoms with Gasteiger partial charge in [-0.25, -0.2) is 10.2 Å². The smallest absolute Gasteiger partial charge is 0.332 e. The second-order valence-corrected chi connectivity index (χ2v) is 6.05. The fraction of sp³-hybridized carbons (Fsp3) is 0.429. The Balaban J connectivity index is 2.06. The zero-order chi connectivity index (χ0) is 13.2. The molecule has 0 radical (unpaired) electrons. The lowest BCUT2D eigenvalue weighted by Crippen LogP contribution is -2.27. The number of amides is 2. The molecular formula is C14H17N3OS. The van der Waals surface area contributed by atoms with Crippen LogP contribution in [0.4, 0.5) is 4.79 Å². The van der Waals surface area contributed by atoms with Gasteiger partial charge in [0.15, 0.2) is 0 Å². The number of urea groups is 1. The molecule has 0 fully saturated rings. The predicted molar refractivity (Wildman–Crippen MR) is 77.7 cm³/mol. The van der Waals surface area contributed by atoms with E-state index in [4.69, 9.17) is 5.73 Å². The van der Waals surface area contributed by atoms with Crippen LogP contribution in [0.2, 0.25) is 0 Å². The lowest BCUT2D eigenvalue weighted by molar-refractivity contribution is 0.249. The first-order valence-corrected chi connectivity index (χ1v) is 7.64. The summed E-state index contributed by atoms with van der Waals surface area (Å²) in [7, 11) is 0. The molecule has 0 spiro atoms. The van der Waals surface area contributed by atoms with Gasteiger partial charge in [0.1, 0.15) is 0 Å². The first-order valence-electron chi connectivity index (χ1n) is 6.65. The van der Waals surface area contributed by atoms with Gasteiger partial charge in [-0.3, -0.25) is 0 Å². The third-order valence-corrected chi connectivity index (χ3v) is 4.74. The Labute approximate surface area is 116 Å². The zero-order valence-electron chi connectivity index (χ0n) is 10.7. The van der Waals surface area contributed by atoms with Crippen molar-refractivity contribution in [1.29, 1.82) is 0 Å². The van der Waals surface area contributed by atoms with E-state index in [1.54, 1.807) is 0 Å². The van der Waals surface area contributed by atoms with Gasteiger partial charge >= 0.3 is 6.03 Å². The van der Waals surface area contributed by atoms with Crippen LogP contribution in [0.25, 0.3) is 0 Å². The van der Waals surface area contributed by atoms with Crippen LogP contribution in [0.3, 0.4) is 0 Å². The van der Waals surface area contributed by atoms with Crippen molar-refractivity contribution in [2.75, 3.05) is 5.75 Å². The molecule has 0 bridgehead atoms. The Kier molecular flexibility index (Phi) is 3.46. The molecule has 1 aliphatic heterocycles. The minimum atomic E-state index is -0.600. The van der Waals surface area contributed by atoms with Crippen molar-refractivity contribution in [2.24, 2.45) is 10.8 Å². The highest BCUT2D eigenvalue weighted by molar-refractivity contribution is 7.99. The van der Waals surface area contributed by atoms with Gasteiger partial charge in [0.25, 0.3) is 0 Å². The summed E-state index contributed by atoms with van der Waals surface area (Å²) in [5.74, 6) is 1.01. The predicted octanol–water partition coefficient (Wildman–Crippen LogP) is 2.43. The summed E-state index contributed by atoms with van der Waals surface area (Å²) >= 11 is 1.87. The van der Waals surface area contributed by atoms with Crippen molar-refractivity contribution in [3.63, 3.8) is 0 Å². The number of fused-ring (bicyclic) bond motifs is 3. The molecule has 0 atom stereocenters. The number of rotatable bonds is 1. The standard InChI is InChI=1S/C14H17N3OS/c15-14(18)17-16-11-7-8-19-12-6-5-9-3-1-2-4-10(9)13(11)12/h5-6H,1-4,7-8H2,(H3,15,17,18)/b16-11-. The molecule has 0 saturated heterocycles. The summed E-state index contributed by atoms with van der Waals surface area (Å²) in [6.45, 7) is 0. The number of carbonyl (C=O) groups is 1. The summed E-state index contributed by atoms with van der Waals surface area (Å²) in [6.07, 6.45) is 5.67. The molecule has 1 aliphatic carbocycles. The molecule has 0 saturated carbocycles. The molecule has 1 heterocycles. The molecular weight excluding hydrogens is 258 g/mol. The number of benzene rings is 1. The lowest BCUT2D eigenvalue weighted by atomic mass is 9.86. The number of nitrogens with one attached hydrogen (secondary N) is 1. The van der Waals surface area contributed by atoms with E-state index < -0.39 is 6.03 Å². The molecule has 3 rings (SSSR count). The van der Waals surface area contributed by atoms with Crippen LogP contribution in [-0.2, 0) is 12.8 Å². The second-order valence-electron chi connectivity index (χ2n) is 4.92. The maximum Gasteiger partial charge on any atom is 0.332 e. The number of nitrogens with zero attached hydrogens (tertiary/aromatic N) is 1. The summed E-state index contributed by atoms with van der Waals surface area (Å²) in [6, 6.07) is 3.85. The number of thioether (sulfide) groups is 1. The van der Waals surface area contributed by atoms with Gasteiger partial charge in [-0.15, -0.1) is 11.8 Å². The van der Waals surface area contributed by atoms with E-state index in [0.717, 1.165) is 30.7 Å². The Morgan fingerprint density at radius 2 is 2.11 bits per heavy atom. The van der Waals surface area contributed by atoms with Crippen LogP contribution < -0.4 is 11.2 Å². The fourth-order valence-corrected chi connectivity index (χ4v) is 3.93. The highest BCUT2D eigenvalue weighted by Gasteiger charge is 2.23. The molecule has 19 heavy (non-hydrogen) atoms. The number of carbonyl (C=O) groups excluding carboxylic acids is 1. The van der Waals surface area contributed by atoms with Gasteiger partial charge in [0.05, 0.1) is 5.71 Å². The highest BCUT2D eigenvalue weighted by Crippen LogP contribution is 2.36. The van der Waals surface area contributed by atoms with Gasteiger partial charge in [0, 0.05) is 22.6 Å². The van der Waals surface area contributed by atoms with E-state index in [9.17, 15) is 4.79 Å². The van der Waals surface area contributed by atoms with Crippen molar-refractivity contribution in [3.8, 4) is 0 Å². The Hall–Kier alpha value is -1.49. The largest absolute Gasteiger partial charge is 0.350 e. The Bertz CT molecular complexity index is 554. The molecule has 5 heteroatoms. The van der Waals surface area contributed by atoms with Crippen molar-refractivity contribution in [1.82, 2.24) is 5.43 Å². The zero-order valence-corrected chi connectivity index (χ0v) is 11.6.